The molecule has 1 unspecified atom stereocenters. The molecule has 1 N–H and O–H groups in total. The fourth-order valence-corrected chi connectivity index (χ4v) is 2.13. The van der Waals surface area contributed by atoms with Gasteiger partial charge in [0.1, 0.15) is 17.4 Å². The predicted molar refractivity (Wildman–Crippen MR) is 70.1 cm³/mol. The van der Waals surface area contributed by atoms with Crippen molar-refractivity contribution in [3.63, 3.8) is 0 Å². The molecule has 1 aromatic carbocycles. The molecule has 0 spiro atoms. The molecule has 2 aromatic rings. The number of hydrogen-bond donors (Lipinski definition) is 1. The van der Waals surface area contributed by atoms with Crippen molar-refractivity contribution in [1.29, 1.82) is 0 Å². The van der Waals surface area contributed by atoms with Crippen LogP contribution in [0.2, 0.25) is 0 Å². The first kappa shape index (κ1) is 13.7. The lowest BCUT2D eigenvalue weighted by Gasteiger charge is -2.18. The monoisotopic (exact) mass is 265 g/mol. The maximum Gasteiger partial charge on any atom is 0.131 e. The fraction of sp³-hybridized carbons (Fsp3) is 0.333. The normalized spacial score (nSPS) is 12.7. The van der Waals surface area contributed by atoms with Gasteiger partial charge in [-0.3, -0.25) is 0 Å². The Kier molecular flexibility index (Phi) is 4.00. The Morgan fingerprint density at radius 3 is 2.47 bits per heavy atom. The van der Waals surface area contributed by atoms with E-state index in [4.69, 9.17) is 4.42 Å². The third kappa shape index (κ3) is 2.84. The van der Waals surface area contributed by atoms with Crippen molar-refractivity contribution in [1.82, 2.24) is 5.32 Å². The molecule has 0 bridgehead atoms. The van der Waals surface area contributed by atoms with Crippen LogP contribution in [-0.2, 0) is 0 Å². The molecule has 4 heteroatoms. The summed E-state index contributed by atoms with van der Waals surface area (Å²) >= 11 is 0. The van der Waals surface area contributed by atoms with E-state index in [9.17, 15) is 8.78 Å². The van der Waals surface area contributed by atoms with E-state index >= 15 is 0 Å². The lowest BCUT2D eigenvalue weighted by Crippen LogP contribution is -2.22. The second-order valence-electron chi connectivity index (χ2n) is 4.60. The average Bonchev–Trinajstić information content (AvgIpc) is 2.78. The van der Waals surface area contributed by atoms with Crippen LogP contribution in [-0.4, -0.2) is 6.54 Å². The minimum absolute atomic E-state index is 0.332. The van der Waals surface area contributed by atoms with Gasteiger partial charge in [0.05, 0.1) is 12.3 Å². The highest BCUT2D eigenvalue weighted by atomic mass is 19.1. The highest BCUT2D eigenvalue weighted by molar-refractivity contribution is 5.35. The zero-order valence-corrected chi connectivity index (χ0v) is 11.3. The van der Waals surface area contributed by atoms with E-state index in [-0.39, 0.29) is 6.04 Å². The number of nitrogens with one attached hydrogen (secondary N) is 1. The standard InChI is InChI=1S/C15H17F2NO/c1-4-18-15(11-6-10(3)19-8-11)12-5-9(2)13(16)7-14(12)17/h5-8,15,18H,4H2,1-3H3. The molecular weight excluding hydrogens is 248 g/mol. The predicted octanol–water partition coefficient (Wildman–Crippen LogP) is 3.87. The Balaban J connectivity index is 2.47. The second-order valence-corrected chi connectivity index (χ2v) is 4.60. The summed E-state index contributed by atoms with van der Waals surface area (Å²) < 4.78 is 32.6. The molecule has 0 aliphatic carbocycles. The van der Waals surface area contributed by atoms with Crippen LogP contribution >= 0.6 is 0 Å². The molecule has 1 atom stereocenters. The Morgan fingerprint density at radius 1 is 1.16 bits per heavy atom. The fourth-order valence-electron chi connectivity index (χ4n) is 2.13. The first-order valence-electron chi connectivity index (χ1n) is 6.27. The van der Waals surface area contributed by atoms with E-state index in [1.165, 1.54) is 0 Å². The summed E-state index contributed by atoms with van der Waals surface area (Å²) in [6.45, 7) is 6.07. The van der Waals surface area contributed by atoms with Crippen molar-refractivity contribution in [3.8, 4) is 0 Å². The van der Waals surface area contributed by atoms with E-state index in [1.54, 1.807) is 19.3 Å². The van der Waals surface area contributed by atoms with Crippen molar-refractivity contribution in [3.05, 3.63) is 58.5 Å². The van der Waals surface area contributed by atoms with Crippen molar-refractivity contribution in [2.75, 3.05) is 6.54 Å². The quantitative estimate of drug-likeness (QED) is 0.907. The molecular formula is C15H17F2NO. The molecule has 102 valence electrons. The summed E-state index contributed by atoms with van der Waals surface area (Å²) in [5.74, 6) is -0.315. The molecule has 2 rings (SSSR count). The molecule has 0 fully saturated rings. The van der Waals surface area contributed by atoms with Crippen LogP contribution in [0.5, 0.6) is 0 Å². The molecule has 0 amide bonds. The lowest BCUT2D eigenvalue weighted by molar-refractivity contribution is 0.516. The van der Waals surface area contributed by atoms with Crippen LogP contribution in [0.15, 0.2) is 28.9 Å². The molecule has 0 aliphatic rings. The van der Waals surface area contributed by atoms with Crippen LogP contribution in [0.25, 0.3) is 0 Å². The summed E-state index contributed by atoms with van der Waals surface area (Å²) in [5, 5.41) is 3.19. The second kappa shape index (κ2) is 5.53. The van der Waals surface area contributed by atoms with Crippen LogP contribution < -0.4 is 5.32 Å². The number of furan rings is 1. The van der Waals surface area contributed by atoms with Crippen LogP contribution in [0.1, 0.15) is 35.4 Å². The van der Waals surface area contributed by atoms with Gasteiger partial charge in [0, 0.05) is 17.2 Å². The summed E-state index contributed by atoms with van der Waals surface area (Å²) in [7, 11) is 0. The van der Waals surface area contributed by atoms with Crippen molar-refractivity contribution >= 4 is 0 Å². The average molecular weight is 265 g/mol. The molecule has 0 saturated heterocycles. The minimum atomic E-state index is -0.548. The summed E-state index contributed by atoms with van der Waals surface area (Å²) in [6, 6.07) is 4.00. The maximum absolute atomic E-state index is 14.0. The van der Waals surface area contributed by atoms with Gasteiger partial charge in [-0.2, -0.15) is 0 Å². The van der Waals surface area contributed by atoms with Crippen molar-refractivity contribution < 1.29 is 13.2 Å². The van der Waals surface area contributed by atoms with Gasteiger partial charge in [-0.1, -0.05) is 6.92 Å². The van der Waals surface area contributed by atoms with Crippen molar-refractivity contribution in [2.45, 2.75) is 26.8 Å². The molecule has 0 radical (unpaired) electrons. The summed E-state index contributed by atoms with van der Waals surface area (Å²) in [6.07, 6.45) is 1.60. The van der Waals surface area contributed by atoms with E-state index in [2.05, 4.69) is 5.32 Å². The third-order valence-corrected chi connectivity index (χ3v) is 3.08. The van der Waals surface area contributed by atoms with Gasteiger partial charge in [0.2, 0.25) is 0 Å². The third-order valence-electron chi connectivity index (χ3n) is 3.08. The summed E-state index contributed by atoms with van der Waals surface area (Å²) in [4.78, 5) is 0. The summed E-state index contributed by atoms with van der Waals surface area (Å²) in [5.41, 5.74) is 1.70. The molecule has 0 saturated carbocycles. The zero-order valence-electron chi connectivity index (χ0n) is 11.3. The first-order valence-corrected chi connectivity index (χ1v) is 6.27. The van der Waals surface area contributed by atoms with E-state index in [0.717, 1.165) is 17.4 Å². The number of halogens is 2. The Morgan fingerprint density at radius 2 is 1.89 bits per heavy atom. The van der Waals surface area contributed by atoms with Gasteiger partial charge >= 0.3 is 0 Å². The van der Waals surface area contributed by atoms with Gasteiger partial charge in [-0.05, 0) is 38.1 Å². The highest BCUT2D eigenvalue weighted by Gasteiger charge is 2.20. The lowest BCUT2D eigenvalue weighted by atomic mass is 9.98. The van der Waals surface area contributed by atoms with Gasteiger partial charge in [0.25, 0.3) is 0 Å². The van der Waals surface area contributed by atoms with E-state index in [1.807, 2.05) is 19.9 Å². The van der Waals surface area contributed by atoms with E-state index in [0.29, 0.717) is 17.7 Å². The minimum Gasteiger partial charge on any atom is -0.469 e. The number of rotatable bonds is 4. The maximum atomic E-state index is 14.0. The highest BCUT2D eigenvalue weighted by Crippen LogP contribution is 2.27. The topological polar surface area (TPSA) is 25.2 Å². The van der Waals surface area contributed by atoms with Crippen molar-refractivity contribution in [2.24, 2.45) is 0 Å². The van der Waals surface area contributed by atoms with Gasteiger partial charge in [0.15, 0.2) is 0 Å². The Hall–Kier alpha value is -1.68. The van der Waals surface area contributed by atoms with Gasteiger partial charge < -0.3 is 9.73 Å². The molecule has 1 heterocycles. The number of aryl methyl sites for hydroxylation is 2. The van der Waals surface area contributed by atoms with Gasteiger partial charge in [-0.25, -0.2) is 8.78 Å². The smallest absolute Gasteiger partial charge is 0.131 e. The Labute approximate surface area is 111 Å². The van der Waals surface area contributed by atoms with Crippen LogP contribution in [0.4, 0.5) is 8.78 Å². The van der Waals surface area contributed by atoms with E-state index < -0.39 is 11.6 Å². The molecule has 2 nitrogen and oxygen atoms in total. The molecule has 0 aliphatic heterocycles. The van der Waals surface area contributed by atoms with Crippen LogP contribution in [0.3, 0.4) is 0 Å². The van der Waals surface area contributed by atoms with Gasteiger partial charge in [-0.15, -0.1) is 0 Å². The SMILES string of the molecule is CCNC(c1coc(C)c1)c1cc(C)c(F)cc1F. The number of hydrogen-bond acceptors (Lipinski definition) is 2. The number of benzene rings is 1. The molecule has 19 heavy (non-hydrogen) atoms. The largest absolute Gasteiger partial charge is 0.469 e. The zero-order chi connectivity index (χ0) is 14.0. The van der Waals surface area contributed by atoms with Crippen LogP contribution in [0, 0.1) is 25.5 Å². The Bertz CT molecular complexity index is 578. The molecule has 1 aromatic heterocycles. The first-order chi connectivity index (χ1) is 9.02.